The van der Waals surface area contributed by atoms with Gasteiger partial charge in [0.25, 0.3) is 0 Å². The smallest absolute Gasteiger partial charge is 0.0811 e. The summed E-state index contributed by atoms with van der Waals surface area (Å²) in [5.74, 6) is 0. The van der Waals surface area contributed by atoms with Gasteiger partial charge >= 0.3 is 0 Å². The van der Waals surface area contributed by atoms with Crippen molar-refractivity contribution in [2.75, 3.05) is 0 Å². The van der Waals surface area contributed by atoms with Crippen LogP contribution in [-0.4, -0.2) is 24.4 Å². The van der Waals surface area contributed by atoms with E-state index in [1.165, 1.54) is 0 Å². The van der Waals surface area contributed by atoms with Crippen molar-refractivity contribution in [2.45, 2.75) is 52.1 Å². The van der Waals surface area contributed by atoms with Crippen molar-refractivity contribution in [3.8, 4) is 0 Å². The molecule has 1 heterocycles. The third-order valence-corrected chi connectivity index (χ3v) is 2.18. The van der Waals surface area contributed by atoms with E-state index < -0.39 is 0 Å². The number of ether oxygens (including phenoxy) is 2. The van der Waals surface area contributed by atoms with E-state index >= 15 is 0 Å². The van der Waals surface area contributed by atoms with Gasteiger partial charge in [0.2, 0.25) is 0 Å². The Hall–Kier alpha value is 0.780. The zero-order chi connectivity index (χ0) is 9.72. The summed E-state index contributed by atoms with van der Waals surface area (Å²) in [6.45, 7) is 8.19. The molecule has 13 heavy (non-hydrogen) atoms. The molecule has 5 heteroatoms. The van der Waals surface area contributed by atoms with E-state index in [0.29, 0.717) is 0 Å². The van der Waals surface area contributed by atoms with Crippen LogP contribution in [0.2, 0.25) is 0 Å². The van der Waals surface area contributed by atoms with Gasteiger partial charge in [0.1, 0.15) is 0 Å². The third kappa shape index (κ3) is 5.27. The van der Waals surface area contributed by atoms with Crippen LogP contribution in [0.1, 0.15) is 27.7 Å². The van der Waals surface area contributed by atoms with Crippen molar-refractivity contribution in [3.05, 3.63) is 9.93 Å². The summed E-state index contributed by atoms with van der Waals surface area (Å²) in [6, 6.07) is 0. The maximum atomic E-state index is 7.00. The first-order chi connectivity index (χ1) is 5.61. The van der Waals surface area contributed by atoms with Gasteiger partial charge in [-0.05, 0) is 27.7 Å². The minimum absolute atomic E-state index is 0. The molecule has 0 bridgehead atoms. The van der Waals surface area contributed by atoms with Gasteiger partial charge in [0.05, 0.1) is 24.4 Å². The predicted molar refractivity (Wildman–Crippen MR) is 46.8 cm³/mol. The summed E-state index contributed by atoms with van der Waals surface area (Å²) >= 11 is 0. The van der Waals surface area contributed by atoms with Gasteiger partial charge in [-0.15, -0.1) is 0 Å². The zero-order valence-electron chi connectivity index (χ0n) is 8.30. The number of hydrogen-bond donors (Lipinski definition) is 0. The zero-order valence-corrected chi connectivity index (χ0v) is 9.00. The summed E-state index contributed by atoms with van der Waals surface area (Å²) in [5, 5.41) is 0. The van der Waals surface area contributed by atoms with Gasteiger partial charge < -0.3 is 9.47 Å². The Morgan fingerprint density at radius 2 is 0.846 bits per heavy atom. The summed E-state index contributed by atoms with van der Waals surface area (Å²) in [4.78, 5) is 14.0. The van der Waals surface area contributed by atoms with Crippen LogP contribution in [0, 0.1) is 47.7 Å². The largest absolute Gasteiger partial charge is 0.370 e. The van der Waals surface area contributed by atoms with Gasteiger partial charge in [-0.3, -0.25) is 0 Å². The van der Waals surface area contributed by atoms with E-state index in [0.717, 1.165) is 0 Å². The van der Waals surface area contributed by atoms with Gasteiger partial charge in [0, 0.05) is 47.7 Å². The Morgan fingerprint density at radius 1 is 0.692 bits per heavy atom. The van der Waals surface area contributed by atoms with E-state index in [-0.39, 0.29) is 62.2 Å². The first-order valence-corrected chi connectivity index (χ1v) is 4.09. The van der Waals surface area contributed by atoms with Gasteiger partial charge in [-0.2, -0.15) is 0 Å². The second-order valence-electron chi connectivity index (χ2n) is 3.09. The second-order valence-corrected chi connectivity index (χ2v) is 3.09. The molecule has 0 aliphatic carbocycles. The molecule has 1 saturated heterocycles. The molecule has 0 radical (unpaired) electrons. The van der Waals surface area contributed by atoms with Gasteiger partial charge in [-0.1, -0.05) is 0 Å². The fourth-order valence-corrected chi connectivity index (χ4v) is 1.12. The Morgan fingerprint density at radius 3 is 1.00 bits per heavy atom. The van der Waals surface area contributed by atoms with Crippen LogP contribution in [0.15, 0.2) is 0 Å². The first-order valence-electron chi connectivity index (χ1n) is 4.09. The van der Waals surface area contributed by atoms with Crippen LogP contribution in [0.3, 0.4) is 0 Å². The molecule has 1 fully saturated rings. The van der Waals surface area contributed by atoms with Crippen molar-refractivity contribution < 1.29 is 47.2 Å². The molecule has 0 aromatic heterocycles. The third-order valence-electron chi connectivity index (χ3n) is 2.18. The minimum atomic E-state index is 0. The Bertz CT molecular complexity index is 107. The van der Waals surface area contributed by atoms with Gasteiger partial charge in [0.15, 0.2) is 0 Å². The summed E-state index contributed by atoms with van der Waals surface area (Å²) in [6.07, 6.45) is 0.967. The predicted octanol–water partition coefficient (Wildman–Crippen LogP) is 1.65. The van der Waals surface area contributed by atoms with Crippen molar-refractivity contribution >= 4 is 0 Å². The standard InChI is InChI=1S/C8H16O2.Ar.O2/c1-5-6(2)10-8(4)7(3)9-5;;1-2/h5-8H,1-4H3;;. The molecule has 0 saturated carbocycles. The van der Waals surface area contributed by atoms with Crippen molar-refractivity contribution in [3.63, 3.8) is 0 Å². The second kappa shape index (κ2) is 8.12. The van der Waals surface area contributed by atoms with Crippen molar-refractivity contribution in [1.82, 2.24) is 0 Å². The average molecular weight is 216 g/mol. The topological polar surface area (TPSA) is 52.6 Å². The van der Waals surface area contributed by atoms with Crippen molar-refractivity contribution in [1.29, 1.82) is 0 Å². The number of hydrogen-bond acceptors (Lipinski definition) is 4. The molecule has 80 valence electrons. The maximum absolute atomic E-state index is 7.00. The van der Waals surface area contributed by atoms with E-state index in [9.17, 15) is 0 Å². The Kier molecular flexibility index (Phi) is 10.1. The van der Waals surface area contributed by atoms with E-state index in [1.807, 2.05) is 27.7 Å². The number of rotatable bonds is 0. The maximum Gasteiger partial charge on any atom is 0.0811 e. The van der Waals surface area contributed by atoms with Crippen LogP contribution in [0.4, 0.5) is 0 Å². The summed E-state index contributed by atoms with van der Waals surface area (Å²) < 4.78 is 11.2. The van der Waals surface area contributed by atoms with Crippen molar-refractivity contribution in [2.24, 2.45) is 0 Å². The molecule has 0 aromatic rings. The molecule has 4 atom stereocenters. The normalized spacial score (nSPS) is 38.2. The summed E-state index contributed by atoms with van der Waals surface area (Å²) in [5.41, 5.74) is 0. The van der Waals surface area contributed by atoms with Crippen LogP contribution in [-0.2, 0) is 9.47 Å². The molecule has 1 aliphatic heterocycles. The molecule has 0 spiro atoms. The molecule has 1 aliphatic rings. The van der Waals surface area contributed by atoms with E-state index in [2.05, 4.69) is 0 Å². The fourth-order valence-electron chi connectivity index (χ4n) is 1.12. The van der Waals surface area contributed by atoms with E-state index in [4.69, 9.17) is 19.4 Å². The molecule has 4 unspecified atom stereocenters. The fraction of sp³-hybridized carbons (Fsp3) is 1.00. The average Bonchev–Trinajstić information content (AvgIpc) is 2.05. The van der Waals surface area contributed by atoms with Gasteiger partial charge in [-0.25, -0.2) is 0 Å². The minimum Gasteiger partial charge on any atom is -0.370 e. The molecular formula is C8H16ArO4. The molecular weight excluding hydrogens is 200 g/mol. The van der Waals surface area contributed by atoms with E-state index in [1.54, 1.807) is 0 Å². The Balaban J connectivity index is 0. The van der Waals surface area contributed by atoms with Crippen LogP contribution >= 0.6 is 0 Å². The molecule has 1 rings (SSSR count). The molecule has 0 amide bonds. The Labute approximate surface area is 109 Å². The summed E-state index contributed by atoms with van der Waals surface area (Å²) in [7, 11) is 0. The molecule has 0 aromatic carbocycles. The first kappa shape index (κ1) is 16.2. The molecule has 0 N–H and O–H groups in total. The van der Waals surface area contributed by atoms with Crippen LogP contribution in [0.5, 0.6) is 0 Å². The SMILES string of the molecule is CC1OC(C)C(C)OC1C.O=O.[Ar]. The van der Waals surface area contributed by atoms with Crippen LogP contribution < -0.4 is 0 Å². The monoisotopic (exact) mass is 216 g/mol. The molecule has 4 nitrogen and oxygen atoms in total. The van der Waals surface area contributed by atoms with Crippen LogP contribution in [0.25, 0.3) is 0 Å². The quantitative estimate of drug-likeness (QED) is 0.617.